The van der Waals surface area contributed by atoms with E-state index in [1.807, 2.05) is 6.92 Å². The molecule has 0 saturated carbocycles. The lowest BCUT2D eigenvalue weighted by atomic mass is 10.1. The second-order valence-electron chi connectivity index (χ2n) is 5.35. The Hall–Kier alpha value is -1.10. The summed E-state index contributed by atoms with van der Waals surface area (Å²) in [6.45, 7) is 8.56. The molecule has 1 amide bonds. The van der Waals surface area contributed by atoms with Crippen molar-refractivity contribution in [3.8, 4) is 0 Å². The van der Waals surface area contributed by atoms with E-state index in [1.54, 1.807) is 0 Å². The number of hydrogen-bond donors (Lipinski definition) is 2. The van der Waals surface area contributed by atoms with Crippen molar-refractivity contribution < 1.29 is 10.0 Å². The molecular formula is C13H25N3O2. The van der Waals surface area contributed by atoms with Crippen LogP contribution in [-0.4, -0.2) is 47.4 Å². The Labute approximate surface area is 109 Å². The Morgan fingerprint density at radius 2 is 2.00 bits per heavy atom. The van der Waals surface area contributed by atoms with E-state index in [4.69, 9.17) is 5.21 Å². The maximum Gasteiger partial charge on any atom is 0.237 e. The summed E-state index contributed by atoms with van der Waals surface area (Å²) in [4.78, 5) is 14.1. The lowest BCUT2D eigenvalue weighted by Crippen LogP contribution is -2.48. The predicted octanol–water partition coefficient (Wildman–Crippen LogP) is 1.46. The minimum Gasteiger partial charge on any atom is -0.411 e. The van der Waals surface area contributed by atoms with Crippen molar-refractivity contribution in [2.75, 3.05) is 19.6 Å². The Balaban J connectivity index is 2.31. The monoisotopic (exact) mass is 255 g/mol. The van der Waals surface area contributed by atoms with Gasteiger partial charge in [-0.2, -0.15) is 0 Å². The van der Waals surface area contributed by atoms with Crippen molar-refractivity contribution in [3.05, 3.63) is 0 Å². The molecular weight excluding hydrogens is 230 g/mol. The van der Waals surface area contributed by atoms with Crippen LogP contribution in [0.3, 0.4) is 0 Å². The molecule has 1 unspecified atom stereocenters. The van der Waals surface area contributed by atoms with Crippen molar-refractivity contribution >= 4 is 11.6 Å². The lowest BCUT2D eigenvalue weighted by Gasteiger charge is -2.31. The van der Waals surface area contributed by atoms with E-state index in [1.165, 1.54) is 0 Å². The summed E-state index contributed by atoms with van der Waals surface area (Å²) in [5, 5.41) is 14.9. The van der Waals surface area contributed by atoms with Crippen LogP contribution in [0.25, 0.3) is 0 Å². The largest absolute Gasteiger partial charge is 0.411 e. The molecule has 0 aromatic rings. The molecule has 18 heavy (non-hydrogen) atoms. The molecule has 1 aliphatic rings. The molecule has 1 atom stereocenters. The standard InChI is InChI=1S/C13H25N3O2/c1-10(2)4-7-14-13(17)11(3)16-8-5-12(15-18)6-9-16/h10-11,18H,4-9H2,1-3H3,(H,14,17). The summed E-state index contributed by atoms with van der Waals surface area (Å²) in [6.07, 6.45) is 2.51. The van der Waals surface area contributed by atoms with Gasteiger partial charge in [0.1, 0.15) is 0 Å². The first kappa shape index (κ1) is 15.0. The number of carbonyl (C=O) groups is 1. The van der Waals surface area contributed by atoms with Crippen LogP contribution in [0, 0.1) is 5.92 Å². The fourth-order valence-corrected chi connectivity index (χ4v) is 2.07. The first-order valence-electron chi connectivity index (χ1n) is 6.76. The average Bonchev–Trinajstić information content (AvgIpc) is 2.37. The van der Waals surface area contributed by atoms with Crippen molar-refractivity contribution in [2.45, 2.75) is 46.1 Å². The minimum absolute atomic E-state index is 0.0973. The smallest absolute Gasteiger partial charge is 0.237 e. The van der Waals surface area contributed by atoms with Crippen LogP contribution in [0.15, 0.2) is 5.16 Å². The van der Waals surface area contributed by atoms with Gasteiger partial charge in [-0.15, -0.1) is 0 Å². The Kier molecular flexibility index (Phi) is 6.12. The van der Waals surface area contributed by atoms with E-state index >= 15 is 0 Å². The van der Waals surface area contributed by atoms with E-state index in [-0.39, 0.29) is 11.9 Å². The van der Waals surface area contributed by atoms with Gasteiger partial charge in [0.15, 0.2) is 0 Å². The molecule has 0 radical (unpaired) electrons. The number of amides is 1. The third-order valence-electron chi connectivity index (χ3n) is 3.46. The highest BCUT2D eigenvalue weighted by atomic mass is 16.4. The van der Waals surface area contributed by atoms with E-state index in [2.05, 4.69) is 29.2 Å². The second-order valence-corrected chi connectivity index (χ2v) is 5.35. The molecule has 1 aliphatic heterocycles. The summed E-state index contributed by atoms with van der Waals surface area (Å²) < 4.78 is 0. The predicted molar refractivity (Wildman–Crippen MR) is 72.0 cm³/mol. The third-order valence-corrected chi connectivity index (χ3v) is 3.46. The maximum atomic E-state index is 11.9. The summed E-state index contributed by atoms with van der Waals surface area (Å²) in [7, 11) is 0. The van der Waals surface area contributed by atoms with Crippen molar-refractivity contribution in [1.82, 2.24) is 10.2 Å². The summed E-state index contributed by atoms with van der Waals surface area (Å²) >= 11 is 0. The van der Waals surface area contributed by atoms with Crippen LogP contribution in [-0.2, 0) is 4.79 Å². The normalized spacial score (nSPS) is 18.8. The van der Waals surface area contributed by atoms with E-state index in [0.29, 0.717) is 5.92 Å². The summed E-state index contributed by atoms with van der Waals surface area (Å²) in [5.74, 6) is 0.707. The van der Waals surface area contributed by atoms with Gasteiger partial charge in [0, 0.05) is 32.5 Å². The molecule has 0 aromatic heterocycles. The van der Waals surface area contributed by atoms with Gasteiger partial charge in [-0.05, 0) is 19.3 Å². The molecule has 1 rings (SSSR count). The average molecular weight is 255 g/mol. The molecule has 2 N–H and O–H groups in total. The number of hydrogen-bond acceptors (Lipinski definition) is 4. The molecule has 0 bridgehead atoms. The summed E-state index contributed by atoms with van der Waals surface area (Å²) in [6, 6.07) is -0.0996. The van der Waals surface area contributed by atoms with Gasteiger partial charge in [-0.3, -0.25) is 9.69 Å². The van der Waals surface area contributed by atoms with Gasteiger partial charge < -0.3 is 10.5 Å². The highest BCUT2D eigenvalue weighted by Crippen LogP contribution is 2.11. The van der Waals surface area contributed by atoms with Crippen molar-refractivity contribution in [3.63, 3.8) is 0 Å². The Morgan fingerprint density at radius 1 is 1.39 bits per heavy atom. The molecule has 0 spiro atoms. The van der Waals surface area contributed by atoms with Gasteiger partial charge in [0.05, 0.1) is 11.8 Å². The second kappa shape index (κ2) is 7.36. The van der Waals surface area contributed by atoms with Crippen LogP contribution in [0.1, 0.15) is 40.0 Å². The molecule has 0 aliphatic carbocycles. The molecule has 1 saturated heterocycles. The molecule has 0 aromatic carbocycles. The van der Waals surface area contributed by atoms with Crippen LogP contribution < -0.4 is 5.32 Å². The fraction of sp³-hybridized carbons (Fsp3) is 0.846. The minimum atomic E-state index is -0.0996. The van der Waals surface area contributed by atoms with E-state index in [0.717, 1.165) is 44.6 Å². The maximum absolute atomic E-state index is 11.9. The van der Waals surface area contributed by atoms with Gasteiger partial charge >= 0.3 is 0 Å². The number of rotatable bonds is 5. The highest BCUT2D eigenvalue weighted by molar-refractivity contribution is 5.85. The van der Waals surface area contributed by atoms with Crippen LogP contribution >= 0.6 is 0 Å². The van der Waals surface area contributed by atoms with Gasteiger partial charge in [-0.1, -0.05) is 19.0 Å². The van der Waals surface area contributed by atoms with Crippen LogP contribution in [0.2, 0.25) is 0 Å². The number of oxime groups is 1. The molecule has 1 fully saturated rings. The SMILES string of the molecule is CC(C)CCNC(=O)C(C)N1CCC(=NO)CC1. The fourth-order valence-electron chi connectivity index (χ4n) is 2.07. The van der Waals surface area contributed by atoms with Gasteiger partial charge in [0.2, 0.25) is 5.91 Å². The van der Waals surface area contributed by atoms with E-state index < -0.39 is 0 Å². The lowest BCUT2D eigenvalue weighted by molar-refractivity contribution is -0.126. The first-order valence-corrected chi connectivity index (χ1v) is 6.76. The number of likely N-dealkylation sites (tertiary alicyclic amines) is 1. The van der Waals surface area contributed by atoms with Crippen LogP contribution in [0.4, 0.5) is 0 Å². The number of piperidine rings is 1. The van der Waals surface area contributed by atoms with Crippen molar-refractivity contribution in [2.24, 2.45) is 11.1 Å². The summed E-state index contributed by atoms with van der Waals surface area (Å²) in [5.41, 5.74) is 0.832. The van der Waals surface area contributed by atoms with Crippen LogP contribution in [0.5, 0.6) is 0 Å². The molecule has 5 heteroatoms. The zero-order valence-corrected chi connectivity index (χ0v) is 11.6. The molecule has 104 valence electrons. The zero-order chi connectivity index (χ0) is 13.5. The Morgan fingerprint density at radius 3 is 2.50 bits per heavy atom. The van der Waals surface area contributed by atoms with E-state index in [9.17, 15) is 4.79 Å². The van der Waals surface area contributed by atoms with Gasteiger partial charge in [0.25, 0.3) is 0 Å². The Bertz CT molecular complexity index is 293. The quantitative estimate of drug-likeness (QED) is 0.577. The number of nitrogens with zero attached hydrogens (tertiary/aromatic N) is 2. The molecule has 1 heterocycles. The third kappa shape index (κ3) is 4.64. The number of carbonyl (C=O) groups excluding carboxylic acids is 1. The highest BCUT2D eigenvalue weighted by Gasteiger charge is 2.24. The van der Waals surface area contributed by atoms with Crippen molar-refractivity contribution in [1.29, 1.82) is 0 Å². The zero-order valence-electron chi connectivity index (χ0n) is 11.6. The first-order chi connectivity index (χ1) is 8.54. The van der Waals surface area contributed by atoms with Gasteiger partial charge in [-0.25, -0.2) is 0 Å². The number of nitrogens with one attached hydrogen (secondary N) is 1. The molecule has 5 nitrogen and oxygen atoms in total. The topological polar surface area (TPSA) is 64.9 Å².